The first-order chi connectivity index (χ1) is 26.6. The van der Waals surface area contributed by atoms with E-state index in [0.717, 1.165) is 56.4 Å². The minimum Gasteiger partial charge on any atom is -0.496 e. The number of methoxy groups -OCH3 is 1. The standard InChI is InChI=1S/C39H45Cl2N9O5/c1-55-33-10-7-27(35-43-45-46-44-35)23-30(33)36(53)50-18-12-38(26-50,29-8-9-31(40)32(41)24-29)11-15-47-16-13-39(14-17-47,28-5-3-2-4-6-28)42-37(54)49-21-19-48(20-22-49)25-34(51)52/h2-10,23-24H,11-22,25-26H2,1H3,(H,42,54)(H,51,52)(H,43,44,45,46). The number of aromatic amines is 1. The first kappa shape index (κ1) is 38.5. The van der Waals surface area contributed by atoms with E-state index in [9.17, 15) is 19.5 Å². The smallest absolute Gasteiger partial charge is 0.318 e. The number of benzene rings is 3. The van der Waals surface area contributed by atoms with E-state index in [1.165, 1.54) is 0 Å². The van der Waals surface area contributed by atoms with Crippen molar-refractivity contribution in [2.75, 3.05) is 72.6 Å². The lowest BCUT2D eigenvalue weighted by Gasteiger charge is -2.45. The van der Waals surface area contributed by atoms with Crippen LogP contribution in [-0.2, 0) is 15.7 Å². The number of H-pyrrole nitrogens is 1. The van der Waals surface area contributed by atoms with Gasteiger partial charge in [0.05, 0.1) is 34.8 Å². The van der Waals surface area contributed by atoms with Crippen LogP contribution in [0.25, 0.3) is 11.4 Å². The summed E-state index contributed by atoms with van der Waals surface area (Å²) in [6, 6.07) is 21.1. The highest BCUT2D eigenvalue weighted by atomic mass is 35.5. The van der Waals surface area contributed by atoms with Gasteiger partial charge in [0.1, 0.15) is 5.75 Å². The van der Waals surface area contributed by atoms with E-state index >= 15 is 0 Å². The normalized spacial score (nSPS) is 20.3. The summed E-state index contributed by atoms with van der Waals surface area (Å²) in [5.41, 5.74) is 2.30. The maximum absolute atomic E-state index is 14.2. The fraction of sp³-hybridized carbons (Fsp3) is 0.436. The number of aliphatic carboxylic acids is 1. The molecule has 0 radical (unpaired) electrons. The van der Waals surface area contributed by atoms with E-state index in [-0.39, 0.29) is 23.9 Å². The van der Waals surface area contributed by atoms with E-state index in [2.05, 4.69) is 43.0 Å². The lowest BCUT2D eigenvalue weighted by molar-refractivity contribution is -0.138. The number of halogens is 2. The van der Waals surface area contributed by atoms with E-state index in [1.54, 1.807) is 24.1 Å². The van der Waals surface area contributed by atoms with Crippen molar-refractivity contribution in [3.05, 3.63) is 93.5 Å². The molecule has 1 aromatic heterocycles. The number of amides is 3. The predicted octanol–water partition coefficient (Wildman–Crippen LogP) is 4.76. The van der Waals surface area contributed by atoms with Gasteiger partial charge in [-0.25, -0.2) is 9.89 Å². The number of nitrogens with zero attached hydrogens (tertiary/aromatic N) is 7. The van der Waals surface area contributed by atoms with Gasteiger partial charge in [-0.2, -0.15) is 0 Å². The number of ether oxygens (including phenoxy) is 1. The maximum Gasteiger partial charge on any atom is 0.318 e. The lowest BCUT2D eigenvalue weighted by Crippen LogP contribution is -2.59. The first-order valence-corrected chi connectivity index (χ1v) is 19.3. The van der Waals surface area contributed by atoms with Crippen molar-refractivity contribution >= 4 is 41.1 Å². The number of tetrazole rings is 1. The van der Waals surface area contributed by atoms with E-state index < -0.39 is 11.5 Å². The molecule has 0 bridgehead atoms. The largest absolute Gasteiger partial charge is 0.496 e. The molecule has 1 unspecified atom stereocenters. The molecule has 4 heterocycles. The molecule has 1 atom stereocenters. The summed E-state index contributed by atoms with van der Waals surface area (Å²) in [7, 11) is 1.55. The number of rotatable bonds is 11. The zero-order valence-electron chi connectivity index (χ0n) is 30.7. The average molecular weight is 791 g/mol. The second-order valence-corrected chi connectivity index (χ2v) is 15.5. The third-order valence-corrected chi connectivity index (χ3v) is 12.3. The van der Waals surface area contributed by atoms with Crippen LogP contribution < -0.4 is 10.1 Å². The van der Waals surface area contributed by atoms with Gasteiger partial charge in [-0.3, -0.25) is 14.5 Å². The number of likely N-dealkylation sites (tertiary alicyclic amines) is 2. The topological polar surface area (TPSA) is 160 Å². The van der Waals surface area contributed by atoms with Crippen molar-refractivity contribution in [3.8, 4) is 17.1 Å². The fourth-order valence-electron chi connectivity index (χ4n) is 8.29. The van der Waals surface area contributed by atoms with Gasteiger partial charge in [-0.15, -0.1) is 5.10 Å². The highest BCUT2D eigenvalue weighted by Gasteiger charge is 2.44. The summed E-state index contributed by atoms with van der Waals surface area (Å²) in [5.74, 6) is -0.0798. The average Bonchev–Trinajstić information content (AvgIpc) is 3.91. The summed E-state index contributed by atoms with van der Waals surface area (Å²) in [4.78, 5) is 47.1. The Morgan fingerprint density at radius 2 is 1.62 bits per heavy atom. The van der Waals surface area contributed by atoms with Crippen LogP contribution in [0.2, 0.25) is 10.0 Å². The van der Waals surface area contributed by atoms with Crippen molar-refractivity contribution in [1.82, 2.24) is 45.5 Å². The Hall–Kier alpha value is -4.76. The Labute approximate surface area is 329 Å². The number of aromatic nitrogens is 4. The van der Waals surface area contributed by atoms with Crippen LogP contribution >= 0.6 is 23.2 Å². The van der Waals surface area contributed by atoms with Gasteiger partial charge < -0.3 is 29.9 Å². The number of piperidine rings is 1. The zero-order valence-corrected chi connectivity index (χ0v) is 32.2. The molecule has 7 rings (SSSR count). The highest BCUT2D eigenvalue weighted by molar-refractivity contribution is 6.42. The van der Waals surface area contributed by atoms with Crippen LogP contribution in [0.1, 0.15) is 47.2 Å². The van der Waals surface area contributed by atoms with E-state index in [0.29, 0.717) is 72.0 Å². The number of nitrogens with one attached hydrogen (secondary N) is 2. The number of hydrogen-bond donors (Lipinski definition) is 3. The Morgan fingerprint density at radius 1 is 0.855 bits per heavy atom. The number of carboxylic acid groups (broad SMARTS) is 1. The third kappa shape index (κ3) is 8.42. The fourth-order valence-corrected chi connectivity index (χ4v) is 8.59. The summed E-state index contributed by atoms with van der Waals surface area (Å²) in [5, 5.41) is 27.7. The molecule has 3 amide bonds. The molecule has 0 aliphatic carbocycles. The number of urea groups is 1. The van der Waals surface area contributed by atoms with Gasteiger partial charge in [-0.1, -0.05) is 59.6 Å². The molecule has 4 aromatic rings. The van der Waals surface area contributed by atoms with E-state index in [4.69, 9.17) is 27.9 Å². The Kier molecular flexibility index (Phi) is 11.6. The summed E-state index contributed by atoms with van der Waals surface area (Å²) >= 11 is 13.0. The summed E-state index contributed by atoms with van der Waals surface area (Å²) in [6.07, 6.45) is 2.97. The predicted molar refractivity (Wildman–Crippen MR) is 207 cm³/mol. The third-order valence-electron chi connectivity index (χ3n) is 11.5. The van der Waals surface area contributed by atoms with E-state index in [1.807, 2.05) is 52.3 Å². The molecule has 55 heavy (non-hydrogen) atoms. The minimum absolute atomic E-state index is 0.0226. The van der Waals surface area contributed by atoms with Crippen molar-refractivity contribution in [2.45, 2.75) is 36.6 Å². The molecule has 0 spiro atoms. The molecule has 16 heteroatoms. The Morgan fingerprint density at radius 3 is 2.29 bits per heavy atom. The molecule has 0 saturated carbocycles. The van der Waals surface area contributed by atoms with Crippen LogP contribution in [0, 0.1) is 0 Å². The van der Waals surface area contributed by atoms with Crippen molar-refractivity contribution in [3.63, 3.8) is 0 Å². The van der Waals surface area contributed by atoms with Crippen molar-refractivity contribution in [2.24, 2.45) is 0 Å². The second kappa shape index (κ2) is 16.5. The highest BCUT2D eigenvalue weighted by Crippen LogP contribution is 2.42. The summed E-state index contributed by atoms with van der Waals surface area (Å²) < 4.78 is 5.62. The molecule has 3 aliphatic rings. The maximum atomic E-state index is 14.2. The lowest BCUT2D eigenvalue weighted by atomic mass is 9.76. The number of carbonyl (C=O) groups is 3. The number of piperazine rings is 1. The SMILES string of the molecule is COc1ccc(-c2nnn[nH]2)cc1C(=O)N1CCC(CCN2CCC(NC(=O)N3CCN(CC(=O)O)CC3)(c3ccccc3)CC2)(c2ccc(Cl)c(Cl)c2)C1. The van der Waals surface area contributed by atoms with Gasteiger partial charge >= 0.3 is 12.0 Å². The molecule has 3 saturated heterocycles. The quantitative estimate of drug-likeness (QED) is 0.193. The molecule has 14 nitrogen and oxygen atoms in total. The van der Waals surface area contributed by atoms with Crippen LogP contribution in [0.3, 0.4) is 0 Å². The molecular formula is C39H45Cl2N9O5. The summed E-state index contributed by atoms with van der Waals surface area (Å²) in [6.45, 7) is 5.32. The van der Waals surface area contributed by atoms with Crippen molar-refractivity contribution < 1.29 is 24.2 Å². The molecule has 3 N–H and O–H groups in total. The molecule has 290 valence electrons. The Bertz CT molecular complexity index is 1990. The molecule has 3 fully saturated rings. The van der Waals surface area contributed by atoms with Crippen LogP contribution in [0.5, 0.6) is 5.75 Å². The molecule has 3 aromatic carbocycles. The minimum atomic E-state index is -0.862. The van der Waals surface area contributed by atoms with Crippen LogP contribution in [0.15, 0.2) is 66.7 Å². The number of carbonyl (C=O) groups excluding carboxylic acids is 2. The Balaban J connectivity index is 1.06. The molecule has 3 aliphatic heterocycles. The zero-order chi connectivity index (χ0) is 38.6. The van der Waals surface area contributed by atoms with Gasteiger partial charge in [-0.05, 0) is 84.1 Å². The van der Waals surface area contributed by atoms with Crippen LogP contribution in [0.4, 0.5) is 4.79 Å². The first-order valence-electron chi connectivity index (χ1n) is 18.5. The second-order valence-electron chi connectivity index (χ2n) is 14.7. The number of hydrogen-bond acceptors (Lipinski definition) is 9. The van der Waals surface area contributed by atoms with Gasteiger partial charge in [0.15, 0.2) is 5.82 Å². The molecular weight excluding hydrogens is 745 g/mol. The van der Waals surface area contributed by atoms with Gasteiger partial charge in [0.2, 0.25) is 0 Å². The van der Waals surface area contributed by atoms with Gasteiger partial charge in [0.25, 0.3) is 5.91 Å². The monoisotopic (exact) mass is 789 g/mol. The number of carboxylic acids is 1. The van der Waals surface area contributed by atoms with Gasteiger partial charge in [0, 0.05) is 63.3 Å². The van der Waals surface area contributed by atoms with Crippen molar-refractivity contribution in [1.29, 1.82) is 0 Å². The van der Waals surface area contributed by atoms with Crippen LogP contribution in [-0.4, -0.2) is 136 Å².